The summed E-state index contributed by atoms with van der Waals surface area (Å²) in [7, 11) is 0. The highest BCUT2D eigenvalue weighted by molar-refractivity contribution is 5.66. The van der Waals surface area contributed by atoms with Crippen LogP contribution in [0.1, 0.15) is 64.2 Å². The minimum Gasteiger partial charge on any atom is -0.481 e. The lowest BCUT2D eigenvalue weighted by Crippen LogP contribution is -2.48. The number of carboxylic acid groups (broad SMARTS) is 1. The molecule has 0 amide bonds. The van der Waals surface area contributed by atoms with Gasteiger partial charge in [-0.15, -0.1) is 0 Å². The van der Waals surface area contributed by atoms with E-state index in [1.165, 1.54) is 44.9 Å². The van der Waals surface area contributed by atoms with Gasteiger partial charge in [0.25, 0.3) is 0 Å². The van der Waals surface area contributed by atoms with E-state index in [2.05, 4.69) is 24.3 Å². The number of hydrogen-bond donors (Lipinski definition) is 1. The normalized spacial score (nSPS) is 35.5. The number of fused-ring (bicyclic) bond motifs is 4. The molecule has 3 aliphatic carbocycles. The largest absolute Gasteiger partial charge is 0.481 e. The van der Waals surface area contributed by atoms with Crippen molar-refractivity contribution < 1.29 is 9.90 Å². The van der Waals surface area contributed by atoms with Gasteiger partial charge in [0.15, 0.2) is 0 Å². The maximum Gasteiger partial charge on any atom is 0.303 e. The van der Waals surface area contributed by atoms with Crippen molar-refractivity contribution in [3.63, 3.8) is 0 Å². The average molecular weight is 302 g/mol. The molecule has 0 aliphatic heterocycles. The fraction of sp³-hybridized carbons (Fsp3) is 0.750. The van der Waals surface area contributed by atoms with E-state index in [0.29, 0.717) is 6.42 Å². The van der Waals surface area contributed by atoms with Gasteiger partial charge in [-0.3, -0.25) is 4.79 Å². The van der Waals surface area contributed by atoms with Crippen molar-refractivity contribution in [1.29, 1.82) is 0 Å². The Morgan fingerprint density at radius 3 is 2.59 bits per heavy atom. The van der Waals surface area contributed by atoms with Crippen LogP contribution in [-0.4, -0.2) is 11.1 Å². The highest BCUT2D eigenvalue weighted by Gasteiger charge is 2.49. The molecule has 22 heavy (non-hydrogen) atoms. The molecule has 0 aromatic heterocycles. The molecule has 5 unspecified atom stereocenters. The summed E-state index contributed by atoms with van der Waals surface area (Å²) in [6.45, 7) is 0. The highest BCUT2D eigenvalue weighted by atomic mass is 16.4. The van der Waals surface area contributed by atoms with E-state index in [1.54, 1.807) is 0 Å². The summed E-state index contributed by atoms with van der Waals surface area (Å²) in [5.41, 5.74) is 0. The molecule has 5 atom stereocenters. The van der Waals surface area contributed by atoms with Crippen LogP contribution in [-0.2, 0) is 4.79 Å². The predicted molar refractivity (Wildman–Crippen MR) is 89.5 cm³/mol. The van der Waals surface area contributed by atoms with E-state index >= 15 is 0 Å². The van der Waals surface area contributed by atoms with Gasteiger partial charge in [0.1, 0.15) is 0 Å². The zero-order valence-electron chi connectivity index (χ0n) is 13.6. The maximum absolute atomic E-state index is 10.4. The Labute approximate surface area is 134 Å². The summed E-state index contributed by atoms with van der Waals surface area (Å²) in [6.07, 6.45) is 21.5. The van der Waals surface area contributed by atoms with E-state index in [4.69, 9.17) is 5.11 Å². The average Bonchev–Trinajstić information content (AvgIpc) is 2.51. The Morgan fingerprint density at radius 1 is 0.955 bits per heavy atom. The van der Waals surface area contributed by atoms with Crippen LogP contribution in [0.4, 0.5) is 0 Å². The van der Waals surface area contributed by atoms with Crippen LogP contribution in [0.5, 0.6) is 0 Å². The molecule has 2 heteroatoms. The van der Waals surface area contributed by atoms with Gasteiger partial charge in [-0.1, -0.05) is 50.0 Å². The summed E-state index contributed by atoms with van der Waals surface area (Å²) < 4.78 is 0. The van der Waals surface area contributed by atoms with Crippen molar-refractivity contribution in [1.82, 2.24) is 0 Å². The van der Waals surface area contributed by atoms with Crippen molar-refractivity contribution in [3.05, 3.63) is 24.3 Å². The second-order valence-corrected chi connectivity index (χ2v) is 7.57. The summed E-state index contributed by atoms with van der Waals surface area (Å²) in [6, 6.07) is 0. The van der Waals surface area contributed by atoms with Crippen LogP contribution in [0, 0.1) is 29.6 Å². The third kappa shape index (κ3) is 3.64. The molecule has 0 saturated heterocycles. The van der Waals surface area contributed by atoms with E-state index in [0.717, 1.165) is 42.4 Å². The number of carbonyl (C=O) groups is 1. The van der Waals surface area contributed by atoms with Crippen LogP contribution >= 0.6 is 0 Å². The molecule has 3 aliphatic rings. The first-order valence-corrected chi connectivity index (χ1v) is 9.32. The third-order valence-electron chi connectivity index (χ3n) is 6.15. The molecule has 0 aromatic carbocycles. The molecule has 3 rings (SSSR count). The molecular weight excluding hydrogens is 272 g/mol. The Kier molecular flexibility index (Phi) is 5.38. The van der Waals surface area contributed by atoms with Crippen LogP contribution in [0.25, 0.3) is 0 Å². The summed E-state index contributed by atoms with van der Waals surface area (Å²) in [4.78, 5) is 10.4. The van der Waals surface area contributed by atoms with Gasteiger partial charge in [-0.2, -0.15) is 0 Å². The maximum atomic E-state index is 10.4. The molecule has 1 saturated carbocycles. The molecule has 1 fully saturated rings. The van der Waals surface area contributed by atoms with Crippen molar-refractivity contribution in [2.45, 2.75) is 64.2 Å². The molecule has 0 radical (unpaired) electrons. The molecule has 0 heterocycles. The van der Waals surface area contributed by atoms with Gasteiger partial charge < -0.3 is 5.11 Å². The standard InChI is InChI=1S/C20H30O2/c21-20(22)11-5-3-1-2-4-8-15-12-13-18-16-9-6-7-10-17(16)19(18)14-15/h7,10,12-13,15-19H,1-6,8-9,11,14H2,(H,21,22). The molecule has 2 nitrogen and oxygen atoms in total. The minimum atomic E-state index is -0.655. The second kappa shape index (κ2) is 7.48. The van der Waals surface area contributed by atoms with Crippen molar-refractivity contribution in [3.8, 4) is 0 Å². The third-order valence-corrected chi connectivity index (χ3v) is 6.15. The monoisotopic (exact) mass is 302 g/mol. The number of allylic oxidation sites excluding steroid dienone is 4. The van der Waals surface area contributed by atoms with Crippen molar-refractivity contribution >= 4 is 5.97 Å². The first-order valence-electron chi connectivity index (χ1n) is 9.32. The van der Waals surface area contributed by atoms with Gasteiger partial charge >= 0.3 is 5.97 Å². The molecule has 1 N–H and O–H groups in total. The first-order chi connectivity index (χ1) is 10.8. The van der Waals surface area contributed by atoms with E-state index in [9.17, 15) is 4.79 Å². The van der Waals surface area contributed by atoms with Gasteiger partial charge in [0.2, 0.25) is 0 Å². The Balaban J connectivity index is 1.31. The highest BCUT2D eigenvalue weighted by Crippen LogP contribution is 2.56. The molecule has 122 valence electrons. The number of carboxylic acids is 1. The molecule has 0 spiro atoms. The van der Waals surface area contributed by atoms with E-state index < -0.39 is 5.97 Å². The zero-order chi connectivity index (χ0) is 15.4. The number of aliphatic carboxylic acids is 1. The fourth-order valence-corrected chi connectivity index (χ4v) is 4.96. The SMILES string of the molecule is O=C(O)CCCCCCCC1C=CC2C3CCC=CC3C2C1. The summed E-state index contributed by atoms with van der Waals surface area (Å²) in [5, 5.41) is 8.61. The lowest BCUT2D eigenvalue weighted by atomic mass is 9.50. The van der Waals surface area contributed by atoms with Gasteiger partial charge in [-0.25, -0.2) is 0 Å². The van der Waals surface area contributed by atoms with E-state index in [-0.39, 0.29) is 0 Å². The minimum absolute atomic E-state index is 0.338. The lowest BCUT2D eigenvalue weighted by molar-refractivity contribution is -0.137. The van der Waals surface area contributed by atoms with Crippen molar-refractivity contribution in [2.75, 3.05) is 0 Å². The molecular formula is C20H30O2. The van der Waals surface area contributed by atoms with Crippen LogP contribution in [0.2, 0.25) is 0 Å². The summed E-state index contributed by atoms with van der Waals surface area (Å²) in [5.74, 6) is 3.83. The van der Waals surface area contributed by atoms with E-state index in [1.807, 2.05) is 0 Å². The fourth-order valence-electron chi connectivity index (χ4n) is 4.96. The molecule has 0 aromatic rings. The van der Waals surface area contributed by atoms with Crippen LogP contribution in [0.15, 0.2) is 24.3 Å². The van der Waals surface area contributed by atoms with Crippen LogP contribution < -0.4 is 0 Å². The summed E-state index contributed by atoms with van der Waals surface area (Å²) >= 11 is 0. The van der Waals surface area contributed by atoms with Gasteiger partial charge in [0.05, 0.1) is 0 Å². The zero-order valence-corrected chi connectivity index (χ0v) is 13.6. The predicted octanol–water partition coefficient (Wildman–Crippen LogP) is 5.21. The quantitative estimate of drug-likeness (QED) is 0.494. The Morgan fingerprint density at radius 2 is 1.73 bits per heavy atom. The number of rotatable bonds is 8. The van der Waals surface area contributed by atoms with Crippen molar-refractivity contribution in [2.24, 2.45) is 29.6 Å². The smallest absolute Gasteiger partial charge is 0.303 e. The van der Waals surface area contributed by atoms with Gasteiger partial charge in [0, 0.05) is 6.42 Å². The topological polar surface area (TPSA) is 37.3 Å². The van der Waals surface area contributed by atoms with Gasteiger partial charge in [-0.05, 0) is 61.7 Å². The van der Waals surface area contributed by atoms with Crippen LogP contribution in [0.3, 0.4) is 0 Å². The second-order valence-electron chi connectivity index (χ2n) is 7.57. The lowest BCUT2D eigenvalue weighted by Gasteiger charge is -2.54. The Bertz CT molecular complexity index is 437. The number of unbranched alkanes of at least 4 members (excludes halogenated alkanes) is 4. The number of hydrogen-bond acceptors (Lipinski definition) is 1. The Hall–Kier alpha value is -1.05. The molecule has 0 bridgehead atoms. The first kappa shape index (κ1) is 15.8.